The third kappa shape index (κ3) is 2.93. The second-order valence-electron chi connectivity index (χ2n) is 5.08. The Labute approximate surface area is 131 Å². The van der Waals surface area contributed by atoms with E-state index in [0.717, 1.165) is 4.90 Å². The van der Waals surface area contributed by atoms with Gasteiger partial charge in [0, 0.05) is 0 Å². The van der Waals surface area contributed by atoms with Crippen molar-refractivity contribution in [3.8, 4) is 0 Å². The molecule has 1 aliphatic rings. The summed E-state index contributed by atoms with van der Waals surface area (Å²) < 4.78 is 0. The van der Waals surface area contributed by atoms with E-state index in [1.165, 1.54) is 26.0 Å². The maximum Gasteiger partial charge on any atom is 0.325 e. The first kappa shape index (κ1) is 16.3. The number of nitrogens with one attached hydrogen (secondary N) is 1. The Morgan fingerprint density at radius 3 is 2.17 bits per heavy atom. The quantitative estimate of drug-likeness (QED) is 0.357. The van der Waals surface area contributed by atoms with E-state index in [-0.39, 0.29) is 11.1 Å². The predicted molar refractivity (Wildman–Crippen MR) is 78.7 cm³/mol. The van der Waals surface area contributed by atoms with Gasteiger partial charge in [-0.2, -0.15) is 4.79 Å². The first-order chi connectivity index (χ1) is 10.9. The number of amides is 3. The van der Waals surface area contributed by atoms with E-state index in [1.807, 2.05) is 0 Å². The summed E-state index contributed by atoms with van der Waals surface area (Å²) in [5, 5.41) is 2.37. The minimum Gasteiger partial charge on any atom is -0.361 e. The van der Waals surface area contributed by atoms with E-state index in [1.54, 1.807) is 12.1 Å². The third-order valence-corrected chi connectivity index (χ3v) is 3.56. The molecular weight excluding hydrogens is 300 g/mol. The molecule has 0 saturated carbocycles. The summed E-state index contributed by atoms with van der Waals surface area (Å²) in [7, 11) is 0. The van der Waals surface area contributed by atoms with Crippen LogP contribution >= 0.6 is 0 Å². The minimum atomic E-state index is -1.08. The van der Waals surface area contributed by atoms with Gasteiger partial charge in [0.1, 0.15) is 6.04 Å². The van der Waals surface area contributed by atoms with Crippen LogP contribution in [0.5, 0.6) is 0 Å². The van der Waals surface area contributed by atoms with Gasteiger partial charge in [-0.05, 0) is 26.0 Å². The highest BCUT2D eigenvalue weighted by atomic mass is 16.2. The van der Waals surface area contributed by atoms with Crippen LogP contribution in [-0.2, 0) is 9.59 Å². The van der Waals surface area contributed by atoms with Gasteiger partial charge in [-0.25, -0.2) is 0 Å². The zero-order valence-electron chi connectivity index (χ0n) is 12.5. The number of hydrogen-bond acceptors (Lipinski definition) is 4. The molecule has 23 heavy (non-hydrogen) atoms. The Kier molecular flexibility index (Phi) is 4.47. The Morgan fingerprint density at radius 2 is 1.70 bits per heavy atom. The number of imide groups is 1. The van der Waals surface area contributed by atoms with Crippen molar-refractivity contribution in [2.24, 2.45) is 0 Å². The molecule has 0 bridgehead atoms. The number of carbonyl (C=O) groups is 4. The Balaban J connectivity index is 2.15. The fraction of sp³-hybridized carbons (Fsp3) is 0.267. The summed E-state index contributed by atoms with van der Waals surface area (Å²) in [5.41, 5.74) is 8.80. The highest BCUT2D eigenvalue weighted by Crippen LogP contribution is 2.24. The second-order valence-corrected chi connectivity index (χ2v) is 5.08. The van der Waals surface area contributed by atoms with Crippen LogP contribution < -0.4 is 5.32 Å². The van der Waals surface area contributed by atoms with Gasteiger partial charge in [-0.15, -0.1) is 0 Å². The van der Waals surface area contributed by atoms with Crippen LogP contribution in [0.15, 0.2) is 24.3 Å². The molecular formula is C15H14N4O4. The van der Waals surface area contributed by atoms with Gasteiger partial charge in [0.25, 0.3) is 17.6 Å². The normalized spacial score (nSPS) is 15.5. The van der Waals surface area contributed by atoms with Gasteiger partial charge in [-0.1, -0.05) is 12.1 Å². The summed E-state index contributed by atoms with van der Waals surface area (Å²) in [6.07, 6.45) is 0.664. The molecule has 1 aromatic carbocycles. The fourth-order valence-corrected chi connectivity index (χ4v) is 2.25. The van der Waals surface area contributed by atoms with Crippen LogP contribution in [0.2, 0.25) is 0 Å². The summed E-state index contributed by atoms with van der Waals surface area (Å²) in [6.45, 7) is 2.80. The van der Waals surface area contributed by atoms with E-state index in [4.69, 9.17) is 5.53 Å². The molecule has 0 fully saturated rings. The van der Waals surface area contributed by atoms with Gasteiger partial charge in [0.2, 0.25) is 5.91 Å². The maximum absolute atomic E-state index is 12.3. The molecule has 2 atom stereocenters. The summed E-state index contributed by atoms with van der Waals surface area (Å²) >= 11 is 0. The van der Waals surface area contributed by atoms with Gasteiger partial charge in [0.05, 0.1) is 17.2 Å². The molecule has 8 nitrogen and oxygen atoms in total. The smallest absolute Gasteiger partial charge is 0.325 e. The number of fused-ring (bicyclic) bond motifs is 1. The molecule has 0 radical (unpaired) electrons. The van der Waals surface area contributed by atoms with E-state index < -0.39 is 35.6 Å². The molecule has 1 heterocycles. The van der Waals surface area contributed by atoms with E-state index >= 15 is 0 Å². The molecule has 2 rings (SSSR count). The highest BCUT2D eigenvalue weighted by molar-refractivity contribution is 6.28. The van der Waals surface area contributed by atoms with Crippen LogP contribution in [0.25, 0.3) is 5.53 Å². The van der Waals surface area contributed by atoms with Crippen LogP contribution in [0.1, 0.15) is 34.6 Å². The molecule has 118 valence electrons. The lowest BCUT2D eigenvalue weighted by molar-refractivity contribution is -0.128. The number of hydrogen-bond donors (Lipinski definition) is 1. The van der Waals surface area contributed by atoms with Crippen LogP contribution in [0.3, 0.4) is 0 Å². The van der Waals surface area contributed by atoms with Crippen molar-refractivity contribution in [2.45, 2.75) is 25.9 Å². The molecule has 1 aliphatic heterocycles. The first-order valence-corrected chi connectivity index (χ1v) is 6.87. The largest absolute Gasteiger partial charge is 0.361 e. The van der Waals surface area contributed by atoms with Crippen molar-refractivity contribution in [1.29, 1.82) is 0 Å². The summed E-state index contributed by atoms with van der Waals surface area (Å²) in [5.74, 6) is -2.38. The predicted octanol–water partition coefficient (Wildman–Crippen LogP) is 0.0455. The number of rotatable bonds is 5. The standard InChI is InChI=1S/C15H14N4O4/c1-8(12(20)7-17-16)18-13(21)9(2)19-14(22)10-5-3-4-6-11(10)15(19)23/h3-9H,1-2H3,(H,18,21). The Hall–Kier alpha value is -3.12. The zero-order valence-corrected chi connectivity index (χ0v) is 12.5. The van der Waals surface area contributed by atoms with Gasteiger partial charge in [-0.3, -0.25) is 24.1 Å². The molecule has 3 amide bonds. The number of carbonyl (C=O) groups excluding carboxylic acids is 4. The zero-order chi connectivity index (χ0) is 17.1. The lowest BCUT2D eigenvalue weighted by atomic mass is 10.1. The van der Waals surface area contributed by atoms with E-state index in [9.17, 15) is 19.2 Å². The molecule has 8 heteroatoms. The van der Waals surface area contributed by atoms with Crippen LogP contribution in [-0.4, -0.2) is 51.5 Å². The van der Waals surface area contributed by atoms with Crippen LogP contribution in [0.4, 0.5) is 0 Å². The van der Waals surface area contributed by atoms with Crippen molar-refractivity contribution in [2.75, 3.05) is 0 Å². The monoisotopic (exact) mass is 314 g/mol. The second kappa shape index (κ2) is 6.33. The van der Waals surface area contributed by atoms with Gasteiger partial charge >= 0.3 is 6.21 Å². The van der Waals surface area contributed by atoms with Crippen molar-refractivity contribution >= 4 is 29.7 Å². The minimum absolute atomic E-state index is 0.244. The third-order valence-electron chi connectivity index (χ3n) is 3.56. The number of nitrogens with zero attached hydrogens (tertiary/aromatic N) is 3. The number of benzene rings is 1. The first-order valence-electron chi connectivity index (χ1n) is 6.87. The summed E-state index contributed by atoms with van der Waals surface area (Å²) in [6, 6.07) is 4.27. The average Bonchev–Trinajstić information content (AvgIpc) is 2.78. The van der Waals surface area contributed by atoms with Crippen molar-refractivity contribution < 1.29 is 24.0 Å². The fourth-order valence-electron chi connectivity index (χ4n) is 2.25. The molecule has 0 spiro atoms. The molecule has 0 aliphatic carbocycles. The molecule has 1 N–H and O–H groups in total. The van der Waals surface area contributed by atoms with Crippen molar-refractivity contribution in [3.05, 3.63) is 40.9 Å². The SMILES string of the molecule is CC(NC(=O)C(C)N1C(=O)c2ccccc2C1=O)C(=O)C=[N+]=[N-]. The molecule has 0 aromatic heterocycles. The molecule has 2 unspecified atom stereocenters. The highest BCUT2D eigenvalue weighted by Gasteiger charge is 2.40. The number of Topliss-reactive ketones (excluding diaryl/α,β-unsaturated/α-hetero) is 1. The molecule has 0 saturated heterocycles. The number of ketones is 1. The van der Waals surface area contributed by atoms with E-state index in [0.29, 0.717) is 6.21 Å². The Morgan fingerprint density at radius 1 is 1.17 bits per heavy atom. The van der Waals surface area contributed by atoms with Crippen molar-refractivity contribution in [1.82, 2.24) is 10.2 Å². The van der Waals surface area contributed by atoms with E-state index in [2.05, 4.69) is 10.1 Å². The van der Waals surface area contributed by atoms with Crippen molar-refractivity contribution in [3.63, 3.8) is 0 Å². The maximum atomic E-state index is 12.3. The lowest BCUT2D eigenvalue weighted by Gasteiger charge is -2.22. The summed E-state index contributed by atoms with van der Waals surface area (Å²) in [4.78, 5) is 51.6. The van der Waals surface area contributed by atoms with Gasteiger partial charge in [0.15, 0.2) is 0 Å². The van der Waals surface area contributed by atoms with Crippen LogP contribution in [0, 0.1) is 0 Å². The lowest BCUT2D eigenvalue weighted by Crippen LogP contribution is -2.51. The molecule has 1 aromatic rings. The topological polar surface area (TPSA) is 120 Å². The van der Waals surface area contributed by atoms with Gasteiger partial charge < -0.3 is 10.8 Å². The Bertz CT molecular complexity index is 717. The average molecular weight is 314 g/mol.